The van der Waals surface area contributed by atoms with Gasteiger partial charge in [-0.15, -0.1) is 0 Å². The molecule has 2 aliphatic carbocycles. The molecule has 0 aromatic rings. The molecule has 26 heavy (non-hydrogen) atoms. The molecule has 150 valence electrons. The Morgan fingerprint density at radius 2 is 2.08 bits per heavy atom. The van der Waals surface area contributed by atoms with Gasteiger partial charge in [-0.1, -0.05) is 19.3 Å². The Balaban J connectivity index is 1.39. The minimum atomic E-state index is 0.295. The molecule has 1 heterocycles. The zero-order valence-corrected chi connectivity index (χ0v) is 16.6. The highest BCUT2D eigenvalue weighted by Crippen LogP contribution is 2.53. The van der Waals surface area contributed by atoms with E-state index in [0.29, 0.717) is 36.9 Å². The maximum absolute atomic E-state index is 6.05. The van der Waals surface area contributed by atoms with Crippen LogP contribution in [-0.2, 0) is 14.2 Å². The van der Waals surface area contributed by atoms with Crippen LogP contribution in [0.2, 0.25) is 0 Å². The summed E-state index contributed by atoms with van der Waals surface area (Å²) in [6.07, 6.45) is 10.6. The van der Waals surface area contributed by atoms with E-state index < -0.39 is 0 Å². The van der Waals surface area contributed by atoms with Crippen LogP contribution in [0.25, 0.3) is 0 Å². The highest BCUT2D eigenvalue weighted by molar-refractivity contribution is 5.80. The van der Waals surface area contributed by atoms with Gasteiger partial charge >= 0.3 is 0 Å². The molecule has 0 bridgehead atoms. The molecule has 0 aromatic carbocycles. The van der Waals surface area contributed by atoms with E-state index in [1.807, 2.05) is 7.05 Å². The summed E-state index contributed by atoms with van der Waals surface area (Å²) in [5.41, 5.74) is 0.308. The van der Waals surface area contributed by atoms with Crippen molar-refractivity contribution in [2.45, 2.75) is 76.5 Å². The lowest BCUT2D eigenvalue weighted by Crippen LogP contribution is -2.66. The summed E-state index contributed by atoms with van der Waals surface area (Å²) in [4.78, 5) is 4.41. The van der Waals surface area contributed by atoms with Crippen molar-refractivity contribution in [2.75, 3.05) is 40.0 Å². The van der Waals surface area contributed by atoms with Gasteiger partial charge in [0.1, 0.15) is 0 Å². The number of ether oxygens (including phenoxy) is 3. The maximum Gasteiger partial charge on any atom is 0.191 e. The van der Waals surface area contributed by atoms with Gasteiger partial charge in [0.15, 0.2) is 5.96 Å². The first-order chi connectivity index (χ1) is 12.8. The zero-order valence-electron chi connectivity index (χ0n) is 16.6. The van der Waals surface area contributed by atoms with Crippen LogP contribution in [0.15, 0.2) is 4.99 Å². The average molecular weight is 368 g/mol. The third-order valence-electron chi connectivity index (χ3n) is 6.34. The molecule has 1 saturated heterocycles. The van der Waals surface area contributed by atoms with Gasteiger partial charge in [-0.2, -0.15) is 0 Å². The van der Waals surface area contributed by atoms with E-state index in [0.717, 1.165) is 45.0 Å². The zero-order chi connectivity index (χ0) is 18.2. The fourth-order valence-corrected chi connectivity index (χ4v) is 4.86. The first kappa shape index (κ1) is 19.9. The molecule has 3 unspecified atom stereocenters. The molecule has 0 amide bonds. The summed E-state index contributed by atoms with van der Waals surface area (Å²) in [6, 6.07) is 0.471. The van der Waals surface area contributed by atoms with E-state index >= 15 is 0 Å². The molecular formula is C20H37N3O3. The van der Waals surface area contributed by atoms with E-state index in [4.69, 9.17) is 14.2 Å². The molecule has 2 N–H and O–H groups in total. The predicted octanol–water partition coefficient (Wildman–Crippen LogP) is 2.47. The molecule has 2 saturated carbocycles. The Hall–Kier alpha value is -0.850. The fourth-order valence-electron chi connectivity index (χ4n) is 4.86. The second-order valence-electron chi connectivity index (χ2n) is 7.88. The van der Waals surface area contributed by atoms with Crippen molar-refractivity contribution in [3.63, 3.8) is 0 Å². The fraction of sp³-hybridized carbons (Fsp3) is 0.950. The van der Waals surface area contributed by atoms with E-state index in [9.17, 15) is 0 Å². The Labute approximate surface area is 158 Å². The monoisotopic (exact) mass is 367 g/mol. The lowest BCUT2D eigenvalue weighted by Gasteiger charge is -2.57. The number of guanidine groups is 1. The van der Waals surface area contributed by atoms with Crippen molar-refractivity contribution in [1.82, 2.24) is 10.6 Å². The minimum absolute atomic E-state index is 0.295. The molecule has 6 heteroatoms. The molecule has 3 rings (SSSR count). The third-order valence-corrected chi connectivity index (χ3v) is 6.34. The smallest absolute Gasteiger partial charge is 0.191 e. The molecule has 0 aromatic heterocycles. The van der Waals surface area contributed by atoms with Gasteiger partial charge in [0, 0.05) is 38.3 Å². The van der Waals surface area contributed by atoms with E-state index in [2.05, 4.69) is 22.5 Å². The Kier molecular flexibility index (Phi) is 7.58. The molecule has 3 atom stereocenters. The second kappa shape index (κ2) is 9.90. The van der Waals surface area contributed by atoms with E-state index in [1.54, 1.807) is 0 Å². The van der Waals surface area contributed by atoms with Gasteiger partial charge in [0.2, 0.25) is 0 Å². The van der Waals surface area contributed by atoms with Crippen LogP contribution >= 0.6 is 0 Å². The summed E-state index contributed by atoms with van der Waals surface area (Å²) in [7, 11) is 1.84. The summed E-state index contributed by atoms with van der Waals surface area (Å²) >= 11 is 0. The highest BCUT2D eigenvalue weighted by atomic mass is 16.5. The van der Waals surface area contributed by atoms with Gasteiger partial charge in [-0.3, -0.25) is 4.99 Å². The largest absolute Gasteiger partial charge is 0.378 e. The van der Waals surface area contributed by atoms with Crippen LogP contribution < -0.4 is 10.6 Å². The first-order valence-corrected chi connectivity index (χ1v) is 10.6. The van der Waals surface area contributed by atoms with E-state index in [1.165, 1.54) is 32.1 Å². The van der Waals surface area contributed by atoms with Crippen molar-refractivity contribution >= 4 is 5.96 Å². The number of rotatable bonds is 8. The molecular weight excluding hydrogens is 330 g/mol. The van der Waals surface area contributed by atoms with Crippen LogP contribution in [0.3, 0.4) is 0 Å². The van der Waals surface area contributed by atoms with E-state index in [-0.39, 0.29) is 0 Å². The maximum atomic E-state index is 6.05. The van der Waals surface area contributed by atoms with Crippen LogP contribution in [0.1, 0.15) is 58.3 Å². The topological polar surface area (TPSA) is 64.1 Å². The van der Waals surface area contributed by atoms with Gasteiger partial charge in [0.25, 0.3) is 0 Å². The number of hydrogen-bond donors (Lipinski definition) is 2. The molecule has 0 radical (unpaired) electrons. The number of aliphatic imine (C=N–C) groups is 1. The molecule has 3 aliphatic rings. The van der Waals surface area contributed by atoms with Crippen molar-refractivity contribution in [3.8, 4) is 0 Å². The van der Waals surface area contributed by atoms with Gasteiger partial charge in [0.05, 0.1) is 25.4 Å². The predicted molar refractivity (Wildman–Crippen MR) is 104 cm³/mol. The minimum Gasteiger partial charge on any atom is -0.378 e. The number of nitrogens with zero attached hydrogens (tertiary/aromatic N) is 1. The molecule has 1 spiro atoms. The Morgan fingerprint density at radius 3 is 2.77 bits per heavy atom. The van der Waals surface area contributed by atoms with Gasteiger partial charge < -0.3 is 24.8 Å². The summed E-state index contributed by atoms with van der Waals surface area (Å²) in [6.45, 7) is 5.95. The lowest BCUT2D eigenvalue weighted by molar-refractivity contribution is -0.145. The summed E-state index contributed by atoms with van der Waals surface area (Å²) in [5, 5.41) is 7.06. The normalized spacial score (nSPS) is 31.0. The standard InChI is InChI=1S/C20H37N3O3/c1-3-25-18-14-17(20(18)9-5-4-6-10-20)23-19(21-2)22-11-13-24-15-16-8-7-12-26-16/h16-18H,3-15H2,1-2H3,(H2,21,22,23). The summed E-state index contributed by atoms with van der Waals surface area (Å²) in [5.74, 6) is 0.885. The van der Waals surface area contributed by atoms with Crippen molar-refractivity contribution < 1.29 is 14.2 Å². The van der Waals surface area contributed by atoms with Crippen LogP contribution in [0, 0.1) is 5.41 Å². The number of nitrogens with one attached hydrogen (secondary N) is 2. The van der Waals surface area contributed by atoms with Crippen LogP contribution in [0.4, 0.5) is 0 Å². The van der Waals surface area contributed by atoms with Gasteiger partial charge in [-0.05, 0) is 39.0 Å². The molecule has 1 aliphatic heterocycles. The Morgan fingerprint density at radius 1 is 1.23 bits per heavy atom. The third kappa shape index (κ3) is 4.70. The quantitative estimate of drug-likeness (QED) is 0.392. The average Bonchev–Trinajstić information content (AvgIpc) is 3.19. The lowest BCUT2D eigenvalue weighted by atomic mass is 9.55. The summed E-state index contributed by atoms with van der Waals surface area (Å²) < 4.78 is 17.3. The van der Waals surface area contributed by atoms with Gasteiger partial charge in [-0.25, -0.2) is 0 Å². The SMILES string of the molecule is CCOC1CC(NC(=NC)NCCOCC2CCCO2)C12CCCCC2. The molecule has 3 fully saturated rings. The van der Waals surface area contributed by atoms with Crippen molar-refractivity contribution in [3.05, 3.63) is 0 Å². The number of hydrogen-bond acceptors (Lipinski definition) is 4. The highest BCUT2D eigenvalue weighted by Gasteiger charge is 2.55. The van der Waals surface area contributed by atoms with Crippen LogP contribution in [-0.4, -0.2) is 64.2 Å². The Bertz CT molecular complexity index is 446. The van der Waals surface area contributed by atoms with Crippen LogP contribution in [0.5, 0.6) is 0 Å². The second-order valence-corrected chi connectivity index (χ2v) is 7.88. The van der Waals surface area contributed by atoms with Crippen molar-refractivity contribution in [1.29, 1.82) is 0 Å². The first-order valence-electron chi connectivity index (χ1n) is 10.6. The molecule has 6 nitrogen and oxygen atoms in total. The van der Waals surface area contributed by atoms with Crippen molar-refractivity contribution in [2.24, 2.45) is 10.4 Å².